The van der Waals surface area contributed by atoms with Gasteiger partial charge in [-0.3, -0.25) is 4.98 Å². The van der Waals surface area contributed by atoms with E-state index in [0.29, 0.717) is 0 Å². The normalized spacial score (nSPS) is 10.7. The Kier molecular flexibility index (Phi) is 1.78. The van der Waals surface area contributed by atoms with E-state index in [1.54, 1.807) is 0 Å². The van der Waals surface area contributed by atoms with Crippen LogP contribution >= 0.6 is 0 Å². The zero-order chi connectivity index (χ0) is 10.1. The Hall–Kier alpha value is -2.09. The number of hydrogen-bond acceptors (Lipinski definition) is 1. The fourth-order valence-corrected chi connectivity index (χ4v) is 1.83. The molecule has 0 aliphatic heterocycles. The number of aromatic amines is 1. The van der Waals surface area contributed by atoms with Gasteiger partial charge in [0.2, 0.25) is 0 Å². The van der Waals surface area contributed by atoms with Crippen LogP contribution in [-0.2, 0) is 0 Å². The highest BCUT2D eigenvalue weighted by molar-refractivity contribution is 5.93. The van der Waals surface area contributed by atoms with Gasteiger partial charge in [-0.2, -0.15) is 0 Å². The highest BCUT2D eigenvalue weighted by Gasteiger charge is 2.03. The second kappa shape index (κ2) is 3.24. The van der Waals surface area contributed by atoms with Crippen molar-refractivity contribution in [2.45, 2.75) is 0 Å². The lowest BCUT2D eigenvalue weighted by molar-refractivity contribution is 1.33. The number of hydrogen-bond donors (Lipinski definition) is 1. The molecule has 0 atom stereocenters. The molecule has 0 spiro atoms. The monoisotopic (exact) mass is 194 g/mol. The summed E-state index contributed by atoms with van der Waals surface area (Å²) in [5.41, 5.74) is 3.34. The fourth-order valence-electron chi connectivity index (χ4n) is 1.83. The van der Waals surface area contributed by atoms with E-state index in [-0.39, 0.29) is 0 Å². The SMILES string of the molecule is c1ccc(-c2cccc3[nH]ccc23)nc1. The van der Waals surface area contributed by atoms with Gasteiger partial charge in [-0.1, -0.05) is 18.2 Å². The molecule has 0 unspecified atom stereocenters. The molecular weight excluding hydrogens is 184 g/mol. The molecule has 1 N–H and O–H groups in total. The Labute approximate surface area is 87.6 Å². The number of nitrogens with zero attached hydrogens (tertiary/aromatic N) is 1. The highest BCUT2D eigenvalue weighted by atomic mass is 14.7. The Morgan fingerprint density at radius 2 is 1.93 bits per heavy atom. The van der Waals surface area contributed by atoms with Crippen LogP contribution in [0.1, 0.15) is 0 Å². The summed E-state index contributed by atoms with van der Waals surface area (Å²) in [5, 5.41) is 1.22. The van der Waals surface area contributed by atoms with E-state index < -0.39 is 0 Å². The van der Waals surface area contributed by atoms with Gasteiger partial charge in [-0.25, -0.2) is 0 Å². The number of rotatable bonds is 1. The molecule has 0 aliphatic rings. The van der Waals surface area contributed by atoms with Crippen molar-refractivity contribution < 1.29 is 0 Å². The van der Waals surface area contributed by atoms with Crippen LogP contribution in [0, 0.1) is 0 Å². The third-order valence-corrected chi connectivity index (χ3v) is 2.54. The zero-order valence-corrected chi connectivity index (χ0v) is 8.14. The number of H-pyrrole nitrogens is 1. The standard InChI is InChI=1S/C13H10N2/c1-2-8-14-12(5-1)10-4-3-6-13-11(10)7-9-15-13/h1-9,15H. The van der Waals surface area contributed by atoms with Crippen LogP contribution in [0.3, 0.4) is 0 Å². The van der Waals surface area contributed by atoms with Crippen LogP contribution in [-0.4, -0.2) is 9.97 Å². The van der Waals surface area contributed by atoms with Gasteiger partial charge in [0.15, 0.2) is 0 Å². The number of benzene rings is 1. The average molecular weight is 194 g/mol. The van der Waals surface area contributed by atoms with E-state index in [2.05, 4.69) is 28.2 Å². The summed E-state index contributed by atoms with van der Waals surface area (Å²) in [5.74, 6) is 0. The molecule has 2 aromatic heterocycles. The van der Waals surface area contributed by atoms with Crippen molar-refractivity contribution in [3.8, 4) is 11.3 Å². The third-order valence-electron chi connectivity index (χ3n) is 2.54. The number of pyridine rings is 1. The summed E-state index contributed by atoms with van der Waals surface area (Å²) in [7, 11) is 0. The second-order valence-corrected chi connectivity index (χ2v) is 3.46. The topological polar surface area (TPSA) is 28.7 Å². The minimum Gasteiger partial charge on any atom is -0.361 e. The second-order valence-electron chi connectivity index (χ2n) is 3.46. The summed E-state index contributed by atoms with van der Waals surface area (Å²) in [6, 6.07) is 14.3. The lowest BCUT2D eigenvalue weighted by atomic mass is 10.1. The maximum Gasteiger partial charge on any atom is 0.0708 e. The quantitative estimate of drug-likeness (QED) is 0.633. The van der Waals surface area contributed by atoms with E-state index in [4.69, 9.17) is 0 Å². The van der Waals surface area contributed by atoms with Crippen molar-refractivity contribution >= 4 is 10.9 Å². The first kappa shape index (κ1) is 8.24. The summed E-state index contributed by atoms with van der Waals surface area (Å²) >= 11 is 0. The van der Waals surface area contributed by atoms with Crippen molar-refractivity contribution in [2.75, 3.05) is 0 Å². The fraction of sp³-hybridized carbons (Fsp3) is 0. The molecule has 1 aromatic carbocycles. The van der Waals surface area contributed by atoms with Crippen LogP contribution in [0.2, 0.25) is 0 Å². The maximum absolute atomic E-state index is 4.36. The lowest BCUT2D eigenvalue weighted by Gasteiger charge is -2.01. The molecule has 0 saturated heterocycles. The molecule has 2 heterocycles. The Morgan fingerprint density at radius 3 is 2.80 bits per heavy atom. The minimum atomic E-state index is 1.02. The van der Waals surface area contributed by atoms with Crippen molar-refractivity contribution in [3.05, 3.63) is 54.9 Å². The molecule has 2 nitrogen and oxygen atoms in total. The van der Waals surface area contributed by atoms with Crippen LogP contribution in [0.5, 0.6) is 0 Å². The number of aromatic nitrogens is 2. The predicted molar refractivity (Wildman–Crippen MR) is 61.5 cm³/mol. The van der Waals surface area contributed by atoms with Gasteiger partial charge >= 0.3 is 0 Å². The predicted octanol–water partition coefficient (Wildman–Crippen LogP) is 3.23. The number of nitrogens with one attached hydrogen (secondary N) is 1. The van der Waals surface area contributed by atoms with Gasteiger partial charge in [0, 0.05) is 28.9 Å². The Balaban J connectivity index is 2.31. The van der Waals surface area contributed by atoms with Gasteiger partial charge in [-0.15, -0.1) is 0 Å². The molecule has 72 valence electrons. The van der Waals surface area contributed by atoms with E-state index in [1.807, 2.05) is 36.7 Å². The summed E-state index contributed by atoms with van der Waals surface area (Å²) in [4.78, 5) is 7.57. The molecule has 0 radical (unpaired) electrons. The third kappa shape index (κ3) is 1.31. The molecule has 0 bridgehead atoms. The lowest BCUT2D eigenvalue weighted by Crippen LogP contribution is -1.82. The van der Waals surface area contributed by atoms with Gasteiger partial charge in [0.1, 0.15) is 0 Å². The molecule has 3 rings (SSSR count). The van der Waals surface area contributed by atoms with Gasteiger partial charge < -0.3 is 4.98 Å². The van der Waals surface area contributed by atoms with Crippen molar-refractivity contribution in [2.24, 2.45) is 0 Å². The van der Waals surface area contributed by atoms with Crippen molar-refractivity contribution in [1.82, 2.24) is 9.97 Å². The summed E-state index contributed by atoms with van der Waals surface area (Å²) in [6.45, 7) is 0. The highest BCUT2D eigenvalue weighted by Crippen LogP contribution is 2.25. The largest absolute Gasteiger partial charge is 0.361 e. The van der Waals surface area contributed by atoms with Gasteiger partial charge in [0.05, 0.1) is 5.69 Å². The molecule has 2 heteroatoms. The first-order chi connectivity index (χ1) is 7.45. The molecule has 0 fully saturated rings. The number of fused-ring (bicyclic) bond motifs is 1. The van der Waals surface area contributed by atoms with E-state index in [1.165, 1.54) is 10.9 Å². The summed E-state index contributed by atoms with van der Waals surface area (Å²) in [6.07, 6.45) is 3.78. The van der Waals surface area contributed by atoms with Crippen molar-refractivity contribution in [3.63, 3.8) is 0 Å². The van der Waals surface area contributed by atoms with E-state index in [9.17, 15) is 0 Å². The van der Waals surface area contributed by atoms with Gasteiger partial charge in [0.25, 0.3) is 0 Å². The summed E-state index contributed by atoms with van der Waals surface area (Å²) < 4.78 is 0. The molecule has 15 heavy (non-hydrogen) atoms. The first-order valence-electron chi connectivity index (χ1n) is 4.93. The van der Waals surface area contributed by atoms with Crippen LogP contribution in [0.4, 0.5) is 0 Å². The molecule has 0 amide bonds. The average Bonchev–Trinajstić information content (AvgIpc) is 2.78. The molecule has 0 saturated carbocycles. The van der Waals surface area contributed by atoms with Crippen LogP contribution < -0.4 is 0 Å². The van der Waals surface area contributed by atoms with Crippen molar-refractivity contribution in [1.29, 1.82) is 0 Å². The maximum atomic E-state index is 4.36. The smallest absolute Gasteiger partial charge is 0.0708 e. The van der Waals surface area contributed by atoms with Gasteiger partial charge in [-0.05, 0) is 24.3 Å². The zero-order valence-electron chi connectivity index (χ0n) is 8.14. The van der Waals surface area contributed by atoms with Crippen LogP contribution in [0.25, 0.3) is 22.2 Å². The minimum absolute atomic E-state index is 1.02. The Morgan fingerprint density at radius 1 is 0.933 bits per heavy atom. The molecular formula is C13H10N2. The first-order valence-corrected chi connectivity index (χ1v) is 4.93. The Bertz CT molecular complexity index is 582. The van der Waals surface area contributed by atoms with Crippen LogP contribution in [0.15, 0.2) is 54.9 Å². The van der Waals surface area contributed by atoms with E-state index >= 15 is 0 Å². The molecule has 3 aromatic rings. The van der Waals surface area contributed by atoms with E-state index in [0.717, 1.165) is 11.2 Å². The molecule has 0 aliphatic carbocycles.